The van der Waals surface area contributed by atoms with Gasteiger partial charge in [0.25, 0.3) is 0 Å². The lowest BCUT2D eigenvalue weighted by Gasteiger charge is -2.31. The second-order valence-corrected chi connectivity index (χ2v) is 5.55. The lowest BCUT2D eigenvalue weighted by atomic mass is 10.1. The maximum Gasteiger partial charge on any atom is 0.219 e. The summed E-state index contributed by atoms with van der Waals surface area (Å²) in [5, 5.41) is 3.58. The summed E-state index contributed by atoms with van der Waals surface area (Å²) in [5.41, 5.74) is 1.23. The predicted molar refractivity (Wildman–Crippen MR) is 74.7 cm³/mol. The molecule has 106 valence electrons. The Morgan fingerprint density at radius 2 is 2.16 bits per heavy atom. The Bertz CT molecular complexity index is 419. The fraction of sp³-hybridized carbons (Fsp3) is 0.714. The predicted octanol–water partition coefficient (Wildman–Crippen LogP) is 1.56. The molecular weight excluding hydrogens is 240 g/mol. The van der Waals surface area contributed by atoms with Crippen LogP contribution in [0.2, 0.25) is 0 Å². The van der Waals surface area contributed by atoms with Gasteiger partial charge in [-0.05, 0) is 26.7 Å². The van der Waals surface area contributed by atoms with Crippen LogP contribution in [0.3, 0.4) is 0 Å². The number of nitrogens with one attached hydrogen (secondary N) is 1. The van der Waals surface area contributed by atoms with Crippen LogP contribution in [0, 0.1) is 0 Å². The second kappa shape index (κ2) is 6.19. The molecule has 5 nitrogen and oxygen atoms in total. The summed E-state index contributed by atoms with van der Waals surface area (Å²) in [6, 6.07) is 0.949. The number of nitrogens with zero attached hydrogens (tertiary/aromatic N) is 3. The van der Waals surface area contributed by atoms with Crippen molar-refractivity contribution in [1.82, 2.24) is 19.8 Å². The van der Waals surface area contributed by atoms with Gasteiger partial charge in [-0.25, -0.2) is 4.98 Å². The zero-order chi connectivity index (χ0) is 13.8. The maximum atomic E-state index is 11.3. The van der Waals surface area contributed by atoms with E-state index in [4.69, 9.17) is 0 Å². The average molecular weight is 264 g/mol. The first-order valence-electron chi connectivity index (χ1n) is 7.07. The summed E-state index contributed by atoms with van der Waals surface area (Å²) < 4.78 is 2.19. The SMILES string of the molecule is CC(=O)N1CCC(NCc2cncn2C(C)C)CC1. The van der Waals surface area contributed by atoms with Crippen LogP contribution < -0.4 is 5.32 Å². The van der Waals surface area contributed by atoms with Gasteiger partial charge in [-0.3, -0.25) is 4.79 Å². The molecule has 0 aliphatic carbocycles. The standard InChI is InChI=1S/C14H24N4O/c1-11(2)18-10-15-8-14(18)9-16-13-4-6-17(7-5-13)12(3)19/h8,10-11,13,16H,4-7,9H2,1-3H3. The van der Waals surface area contributed by atoms with Crippen molar-refractivity contribution in [2.24, 2.45) is 0 Å². The van der Waals surface area contributed by atoms with Crippen LogP contribution in [0.4, 0.5) is 0 Å². The first-order chi connectivity index (χ1) is 9.08. The number of piperidine rings is 1. The van der Waals surface area contributed by atoms with Crippen LogP contribution in [0.5, 0.6) is 0 Å². The monoisotopic (exact) mass is 264 g/mol. The van der Waals surface area contributed by atoms with Gasteiger partial charge in [-0.1, -0.05) is 0 Å². The molecule has 0 aromatic carbocycles. The lowest BCUT2D eigenvalue weighted by molar-refractivity contribution is -0.129. The van der Waals surface area contributed by atoms with Crippen LogP contribution in [0.1, 0.15) is 45.3 Å². The molecule has 0 atom stereocenters. The summed E-state index contributed by atoms with van der Waals surface area (Å²) in [6.45, 7) is 8.57. The molecule has 1 saturated heterocycles. The van der Waals surface area contributed by atoms with E-state index in [1.54, 1.807) is 6.92 Å². The minimum Gasteiger partial charge on any atom is -0.343 e. The quantitative estimate of drug-likeness (QED) is 0.898. The Balaban J connectivity index is 1.80. The molecule has 1 fully saturated rings. The van der Waals surface area contributed by atoms with Crippen molar-refractivity contribution in [3.63, 3.8) is 0 Å². The number of amides is 1. The van der Waals surface area contributed by atoms with Crippen molar-refractivity contribution < 1.29 is 4.79 Å². The van der Waals surface area contributed by atoms with Gasteiger partial charge in [0.1, 0.15) is 0 Å². The van der Waals surface area contributed by atoms with Crippen molar-refractivity contribution >= 4 is 5.91 Å². The van der Waals surface area contributed by atoms with Crippen molar-refractivity contribution in [1.29, 1.82) is 0 Å². The van der Waals surface area contributed by atoms with E-state index in [-0.39, 0.29) is 5.91 Å². The van der Waals surface area contributed by atoms with Gasteiger partial charge >= 0.3 is 0 Å². The molecule has 1 aromatic heterocycles. The molecule has 1 N–H and O–H groups in total. The molecule has 1 aliphatic rings. The Labute approximate surface area is 115 Å². The molecule has 0 bridgehead atoms. The van der Waals surface area contributed by atoms with E-state index in [0.717, 1.165) is 32.5 Å². The van der Waals surface area contributed by atoms with Gasteiger partial charge in [0.2, 0.25) is 5.91 Å². The summed E-state index contributed by atoms with van der Waals surface area (Å²) in [5.74, 6) is 0.191. The number of likely N-dealkylation sites (tertiary alicyclic amines) is 1. The topological polar surface area (TPSA) is 50.2 Å². The van der Waals surface area contributed by atoms with E-state index in [9.17, 15) is 4.79 Å². The fourth-order valence-electron chi connectivity index (χ4n) is 2.58. The first-order valence-corrected chi connectivity index (χ1v) is 7.07. The highest BCUT2D eigenvalue weighted by atomic mass is 16.2. The van der Waals surface area contributed by atoms with Gasteiger partial charge in [0, 0.05) is 44.8 Å². The van der Waals surface area contributed by atoms with Crippen LogP contribution in [-0.4, -0.2) is 39.5 Å². The molecule has 5 heteroatoms. The van der Waals surface area contributed by atoms with E-state index in [0.29, 0.717) is 12.1 Å². The summed E-state index contributed by atoms with van der Waals surface area (Å²) in [6.07, 6.45) is 5.89. The molecule has 0 unspecified atom stereocenters. The van der Waals surface area contributed by atoms with Gasteiger partial charge in [0.15, 0.2) is 0 Å². The number of hydrogen-bond acceptors (Lipinski definition) is 3. The van der Waals surface area contributed by atoms with Crippen LogP contribution in [0.15, 0.2) is 12.5 Å². The third kappa shape index (κ3) is 3.56. The Morgan fingerprint density at radius 3 is 2.74 bits per heavy atom. The molecule has 1 amide bonds. The highest BCUT2D eigenvalue weighted by molar-refractivity contribution is 5.73. The zero-order valence-corrected chi connectivity index (χ0v) is 12.1. The molecule has 0 radical (unpaired) electrons. The smallest absolute Gasteiger partial charge is 0.219 e. The second-order valence-electron chi connectivity index (χ2n) is 5.55. The molecule has 0 saturated carbocycles. The summed E-state index contributed by atoms with van der Waals surface area (Å²) in [4.78, 5) is 17.4. The zero-order valence-electron chi connectivity index (χ0n) is 12.1. The van der Waals surface area contributed by atoms with E-state index < -0.39 is 0 Å². The summed E-state index contributed by atoms with van der Waals surface area (Å²) in [7, 11) is 0. The number of carbonyl (C=O) groups is 1. The van der Waals surface area contributed by atoms with Crippen molar-refractivity contribution in [3.8, 4) is 0 Å². The molecule has 0 spiro atoms. The largest absolute Gasteiger partial charge is 0.343 e. The third-order valence-corrected chi connectivity index (χ3v) is 3.81. The molecule has 1 aromatic rings. The van der Waals surface area contributed by atoms with E-state index in [1.165, 1.54) is 5.69 Å². The van der Waals surface area contributed by atoms with Crippen LogP contribution >= 0.6 is 0 Å². The van der Waals surface area contributed by atoms with Crippen LogP contribution in [0.25, 0.3) is 0 Å². The Morgan fingerprint density at radius 1 is 1.47 bits per heavy atom. The minimum absolute atomic E-state index is 0.191. The summed E-state index contributed by atoms with van der Waals surface area (Å²) >= 11 is 0. The van der Waals surface area contributed by atoms with E-state index in [2.05, 4.69) is 28.7 Å². The average Bonchev–Trinajstić information content (AvgIpc) is 2.85. The number of hydrogen-bond donors (Lipinski definition) is 1. The van der Waals surface area contributed by atoms with Gasteiger partial charge in [-0.15, -0.1) is 0 Å². The molecule has 19 heavy (non-hydrogen) atoms. The van der Waals surface area contributed by atoms with Gasteiger partial charge in [-0.2, -0.15) is 0 Å². The number of imidazole rings is 1. The highest BCUT2D eigenvalue weighted by Gasteiger charge is 2.20. The minimum atomic E-state index is 0.191. The van der Waals surface area contributed by atoms with Crippen molar-refractivity contribution in [2.45, 2.75) is 52.2 Å². The highest BCUT2D eigenvalue weighted by Crippen LogP contribution is 2.13. The first kappa shape index (κ1) is 14.1. The molecular formula is C14H24N4O. The Hall–Kier alpha value is -1.36. The van der Waals surface area contributed by atoms with Crippen molar-refractivity contribution in [2.75, 3.05) is 13.1 Å². The van der Waals surface area contributed by atoms with E-state index >= 15 is 0 Å². The number of carbonyl (C=O) groups excluding carboxylic acids is 1. The molecule has 2 heterocycles. The normalized spacial score (nSPS) is 17.2. The fourth-order valence-corrected chi connectivity index (χ4v) is 2.58. The van der Waals surface area contributed by atoms with E-state index in [1.807, 2.05) is 17.4 Å². The lowest BCUT2D eigenvalue weighted by Crippen LogP contribution is -2.44. The third-order valence-electron chi connectivity index (χ3n) is 3.81. The van der Waals surface area contributed by atoms with Crippen LogP contribution in [-0.2, 0) is 11.3 Å². The van der Waals surface area contributed by atoms with Gasteiger partial charge < -0.3 is 14.8 Å². The number of rotatable bonds is 4. The Kier molecular flexibility index (Phi) is 4.58. The van der Waals surface area contributed by atoms with Gasteiger partial charge in [0.05, 0.1) is 12.0 Å². The van der Waals surface area contributed by atoms with Crippen molar-refractivity contribution in [3.05, 3.63) is 18.2 Å². The number of aromatic nitrogens is 2. The molecule has 2 rings (SSSR count). The molecule has 1 aliphatic heterocycles. The maximum absolute atomic E-state index is 11.3.